The monoisotopic (exact) mass is 620 g/mol. The average Bonchev–Trinajstić information content (AvgIpc) is 3.59. The second kappa shape index (κ2) is 11.8. The maximum atomic E-state index is 12.8. The van der Waals surface area contributed by atoms with Crippen molar-refractivity contribution in [2.45, 2.75) is 122 Å². The molecule has 12 nitrogen and oxygen atoms in total. The number of carbonyl (C=O) groups is 1. The van der Waals surface area contributed by atoms with Crippen LogP contribution in [0.3, 0.4) is 0 Å². The number of carbonyl (C=O) groups excluding carboxylic acids is 1. The number of nitrogens with two attached hydrogens (primary N) is 2. The summed E-state index contributed by atoms with van der Waals surface area (Å²) in [5, 5.41) is 3.01. The van der Waals surface area contributed by atoms with Crippen molar-refractivity contribution in [1.29, 1.82) is 0 Å². The van der Waals surface area contributed by atoms with Gasteiger partial charge in [-0.3, -0.25) is 14.3 Å². The Labute approximate surface area is 265 Å². The van der Waals surface area contributed by atoms with E-state index in [2.05, 4.69) is 59.8 Å². The molecule has 6 rings (SSSR count). The number of ether oxygens (including phenoxy) is 3. The molecule has 2 aromatic heterocycles. The number of amides is 1. The number of nitrogen functional groups attached to an aromatic ring is 2. The van der Waals surface area contributed by atoms with Gasteiger partial charge < -0.3 is 31.0 Å². The van der Waals surface area contributed by atoms with Crippen molar-refractivity contribution in [3.8, 4) is 0 Å². The van der Waals surface area contributed by atoms with Crippen LogP contribution in [0.15, 0.2) is 30.9 Å². The molecule has 4 heterocycles. The summed E-state index contributed by atoms with van der Waals surface area (Å²) in [5.41, 5.74) is 15.9. The Kier molecular flexibility index (Phi) is 8.30. The summed E-state index contributed by atoms with van der Waals surface area (Å²) in [6.07, 6.45) is 5.32. The molecule has 2 saturated heterocycles. The van der Waals surface area contributed by atoms with Gasteiger partial charge in [0.05, 0.1) is 17.7 Å². The smallest absolute Gasteiger partial charge is 0.224 e. The molecule has 0 bridgehead atoms. The summed E-state index contributed by atoms with van der Waals surface area (Å²) in [4.78, 5) is 28.2. The number of imidazole rings is 1. The van der Waals surface area contributed by atoms with Crippen LogP contribution in [0.25, 0.3) is 11.2 Å². The van der Waals surface area contributed by atoms with Crippen LogP contribution < -0.4 is 16.8 Å². The third-order valence-corrected chi connectivity index (χ3v) is 9.49. The highest BCUT2D eigenvalue weighted by Gasteiger charge is 2.57. The van der Waals surface area contributed by atoms with Crippen molar-refractivity contribution in [3.05, 3.63) is 36.4 Å². The first kappa shape index (κ1) is 31.7. The molecule has 1 amide bonds. The first-order valence-electron chi connectivity index (χ1n) is 16.1. The Hall–Kier alpha value is -3.32. The first-order chi connectivity index (χ1) is 21.2. The SMILES string of the molecule is CC(C)N(C[C@H]1O[C@@H](n2cnc3c(N)ncnc32)[C@@H]2OC(C)(C)O[C@@H]21)[C@H]1C[C@H](CCC(=O)Nc2ccc(C(C)(C)C)cc2N)C1. The van der Waals surface area contributed by atoms with Crippen LogP contribution in [0.4, 0.5) is 17.2 Å². The molecule has 45 heavy (non-hydrogen) atoms. The van der Waals surface area contributed by atoms with Crippen molar-refractivity contribution < 1.29 is 19.0 Å². The Morgan fingerprint density at radius 2 is 1.87 bits per heavy atom. The summed E-state index contributed by atoms with van der Waals surface area (Å²) in [6.45, 7) is 15.5. The lowest BCUT2D eigenvalue weighted by Gasteiger charge is -2.46. The fraction of sp³-hybridized carbons (Fsp3) is 0.636. The van der Waals surface area contributed by atoms with Gasteiger partial charge in [-0.05, 0) is 76.0 Å². The molecule has 12 heteroatoms. The summed E-state index contributed by atoms with van der Waals surface area (Å²) in [5.74, 6) is 0.103. The van der Waals surface area contributed by atoms with Crippen LogP contribution in [0, 0.1) is 5.92 Å². The number of nitrogens with one attached hydrogen (secondary N) is 1. The quantitative estimate of drug-likeness (QED) is 0.289. The van der Waals surface area contributed by atoms with E-state index in [-0.39, 0.29) is 29.6 Å². The number of hydrogen-bond donors (Lipinski definition) is 3. The molecule has 1 aromatic carbocycles. The molecule has 0 unspecified atom stereocenters. The van der Waals surface area contributed by atoms with Crippen LogP contribution in [0.2, 0.25) is 0 Å². The van der Waals surface area contributed by atoms with Gasteiger partial charge in [0, 0.05) is 25.0 Å². The Balaban J connectivity index is 1.06. The number of hydrogen-bond acceptors (Lipinski definition) is 10. The minimum atomic E-state index is -0.732. The number of nitrogens with zero attached hydrogens (tertiary/aromatic N) is 5. The van der Waals surface area contributed by atoms with E-state index >= 15 is 0 Å². The predicted molar refractivity (Wildman–Crippen MR) is 173 cm³/mol. The molecule has 5 N–H and O–H groups in total. The van der Waals surface area contributed by atoms with Crippen LogP contribution in [0.5, 0.6) is 0 Å². The van der Waals surface area contributed by atoms with Gasteiger partial charge in [0.15, 0.2) is 23.5 Å². The molecule has 0 spiro atoms. The third-order valence-electron chi connectivity index (χ3n) is 9.49. The normalized spacial score (nSPS) is 27.7. The van der Waals surface area contributed by atoms with Gasteiger partial charge in [0.2, 0.25) is 5.91 Å². The molecule has 3 fully saturated rings. The Morgan fingerprint density at radius 1 is 1.13 bits per heavy atom. The second-order valence-corrected chi connectivity index (χ2v) is 14.6. The van der Waals surface area contributed by atoms with E-state index in [1.54, 1.807) is 6.33 Å². The molecule has 3 aromatic rings. The molecule has 244 valence electrons. The van der Waals surface area contributed by atoms with Crippen molar-refractivity contribution in [3.63, 3.8) is 0 Å². The molecule has 3 aliphatic rings. The maximum absolute atomic E-state index is 12.8. The zero-order chi connectivity index (χ0) is 32.3. The third kappa shape index (κ3) is 6.38. The molecule has 1 saturated carbocycles. The van der Waals surface area contributed by atoms with E-state index in [0.717, 1.165) is 24.8 Å². The Morgan fingerprint density at radius 3 is 2.56 bits per heavy atom. The van der Waals surface area contributed by atoms with E-state index < -0.39 is 12.0 Å². The van der Waals surface area contributed by atoms with E-state index in [0.29, 0.717) is 59.3 Å². The number of benzene rings is 1. The number of aromatic nitrogens is 4. The topological polar surface area (TPSA) is 156 Å². The fourth-order valence-corrected chi connectivity index (χ4v) is 6.97. The second-order valence-electron chi connectivity index (χ2n) is 14.6. The van der Waals surface area contributed by atoms with Gasteiger partial charge in [-0.15, -0.1) is 0 Å². The summed E-state index contributed by atoms with van der Waals surface area (Å²) < 4.78 is 21.3. The first-order valence-corrected chi connectivity index (χ1v) is 16.1. The van der Waals surface area contributed by atoms with Crippen molar-refractivity contribution >= 4 is 34.3 Å². The lowest BCUT2D eigenvalue weighted by molar-refractivity contribution is -0.199. The van der Waals surface area contributed by atoms with Crippen LogP contribution in [0.1, 0.15) is 85.9 Å². The van der Waals surface area contributed by atoms with Gasteiger partial charge in [-0.2, -0.15) is 0 Å². The highest BCUT2D eigenvalue weighted by Crippen LogP contribution is 2.45. The predicted octanol–water partition coefficient (Wildman–Crippen LogP) is 4.61. The number of fused-ring (bicyclic) bond motifs is 2. The van der Waals surface area contributed by atoms with Crippen LogP contribution >= 0.6 is 0 Å². The van der Waals surface area contributed by atoms with Gasteiger partial charge in [0.1, 0.15) is 30.2 Å². The van der Waals surface area contributed by atoms with Crippen LogP contribution in [-0.2, 0) is 24.4 Å². The van der Waals surface area contributed by atoms with E-state index in [1.165, 1.54) is 6.33 Å². The minimum Gasteiger partial charge on any atom is -0.397 e. The van der Waals surface area contributed by atoms with E-state index in [9.17, 15) is 4.79 Å². The van der Waals surface area contributed by atoms with E-state index in [4.69, 9.17) is 25.7 Å². The molecular formula is C33H48N8O4. The largest absolute Gasteiger partial charge is 0.397 e. The molecular weight excluding hydrogens is 572 g/mol. The zero-order valence-corrected chi connectivity index (χ0v) is 27.5. The lowest BCUT2D eigenvalue weighted by Crippen LogP contribution is -2.52. The molecule has 2 aliphatic heterocycles. The molecule has 4 atom stereocenters. The number of rotatable bonds is 9. The van der Waals surface area contributed by atoms with Crippen molar-refractivity contribution in [2.24, 2.45) is 5.92 Å². The maximum Gasteiger partial charge on any atom is 0.224 e. The minimum absolute atomic E-state index is 0.00244. The number of anilines is 3. The Bertz CT molecular complexity index is 1540. The lowest BCUT2D eigenvalue weighted by atomic mass is 9.76. The summed E-state index contributed by atoms with van der Waals surface area (Å²) in [7, 11) is 0. The van der Waals surface area contributed by atoms with Gasteiger partial charge in [-0.1, -0.05) is 26.8 Å². The van der Waals surface area contributed by atoms with Gasteiger partial charge in [0.25, 0.3) is 0 Å². The average molecular weight is 621 g/mol. The summed E-state index contributed by atoms with van der Waals surface area (Å²) >= 11 is 0. The van der Waals surface area contributed by atoms with E-state index in [1.807, 2.05) is 36.6 Å². The fourth-order valence-electron chi connectivity index (χ4n) is 6.97. The zero-order valence-electron chi connectivity index (χ0n) is 27.5. The van der Waals surface area contributed by atoms with Gasteiger partial charge in [-0.25, -0.2) is 15.0 Å². The summed E-state index contributed by atoms with van der Waals surface area (Å²) in [6, 6.07) is 6.63. The molecule has 0 radical (unpaired) electrons. The van der Waals surface area contributed by atoms with Crippen LogP contribution in [-0.4, -0.2) is 73.1 Å². The van der Waals surface area contributed by atoms with Gasteiger partial charge >= 0.3 is 0 Å². The highest BCUT2D eigenvalue weighted by atomic mass is 16.8. The van der Waals surface area contributed by atoms with Crippen molar-refractivity contribution in [2.75, 3.05) is 23.3 Å². The van der Waals surface area contributed by atoms with Crippen molar-refractivity contribution in [1.82, 2.24) is 24.4 Å². The highest BCUT2D eigenvalue weighted by molar-refractivity contribution is 5.93. The standard InChI is InChI=1S/C33H48N8O4/c1-18(2)40(21-12-19(13-21)8-11-25(42)39-23-10-9-20(14-22(23)34)32(3,4)5)15-24-27-28(45-33(6,7)44-27)31(43-24)41-17-38-26-29(35)36-16-37-30(26)41/h9-10,14,16-19,21,24,27-28,31H,8,11-13,15,34H2,1-7H3,(H,39,42)(H2,35,36,37)/t19-,21-,24-,27-,28-,31-/m1/s1. The molecule has 1 aliphatic carbocycles.